The molecule has 0 N–H and O–H groups in total. The maximum absolute atomic E-state index is 13.0. The Labute approximate surface area is 515 Å². The van der Waals surface area contributed by atoms with Crippen molar-refractivity contribution >= 4 is 17.9 Å². The molecule has 0 spiro atoms. The molecule has 0 saturated heterocycles. The molecule has 0 radical (unpaired) electrons. The van der Waals surface area contributed by atoms with Gasteiger partial charge < -0.3 is 14.2 Å². The number of unbranched alkanes of at least 4 members (excludes halogenated alkanes) is 38. The summed E-state index contributed by atoms with van der Waals surface area (Å²) in [5.74, 6) is -0.881. The van der Waals surface area contributed by atoms with Crippen LogP contribution in [0.15, 0.2) is 97.2 Å². The van der Waals surface area contributed by atoms with Gasteiger partial charge in [-0.2, -0.15) is 0 Å². The van der Waals surface area contributed by atoms with Gasteiger partial charge in [0.1, 0.15) is 13.2 Å². The highest BCUT2D eigenvalue weighted by Crippen LogP contribution is 2.17. The van der Waals surface area contributed by atoms with Crippen molar-refractivity contribution in [3.05, 3.63) is 97.2 Å². The van der Waals surface area contributed by atoms with Crippen LogP contribution in [0.4, 0.5) is 0 Å². The molecule has 0 aliphatic rings. The Bertz CT molecular complexity index is 1610. The summed E-state index contributed by atoms with van der Waals surface area (Å²) in [5, 5.41) is 0. The van der Waals surface area contributed by atoms with Crippen LogP contribution in [0.25, 0.3) is 0 Å². The van der Waals surface area contributed by atoms with E-state index in [0.717, 1.165) is 109 Å². The van der Waals surface area contributed by atoms with Gasteiger partial charge in [-0.05, 0) is 122 Å². The molecule has 1 unspecified atom stereocenters. The fraction of sp³-hybridized carbons (Fsp3) is 0.753. The molecule has 0 aliphatic heterocycles. The van der Waals surface area contributed by atoms with Crippen LogP contribution in [0.5, 0.6) is 0 Å². The Morgan fingerprint density at radius 3 is 0.771 bits per heavy atom. The molecular formula is C77H134O6. The number of rotatable bonds is 65. The van der Waals surface area contributed by atoms with Gasteiger partial charge in [-0.3, -0.25) is 14.4 Å². The Hall–Kier alpha value is -3.67. The minimum Gasteiger partial charge on any atom is -0.462 e. The molecule has 0 amide bonds. The summed E-state index contributed by atoms with van der Waals surface area (Å²) in [6, 6.07) is 0. The van der Waals surface area contributed by atoms with Gasteiger partial charge in [0.05, 0.1) is 0 Å². The first-order valence-electron chi connectivity index (χ1n) is 35.7. The van der Waals surface area contributed by atoms with Crippen molar-refractivity contribution < 1.29 is 28.6 Å². The Morgan fingerprint density at radius 1 is 0.253 bits per heavy atom. The van der Waals surface area contributed by atoms with E-state index in [2.05, 4.69) is 118 Å². The minimum atomic E-state index is -0.788. The summed E-state index contributed by atoms with van der Waals surface area (Å²) in [5.41, 5.74) is 0. The van der Waals surface area contributed by atoms with Crippen LogP contribution in [-0.2, 0) is 28.6 Å². The molecule has 1 atom stereocenters. The van der Waals surface area contributed by atoms with Gasteiger partial charge in [0.2, 0.25) is 0 Å². The number of hydrogen-bond acceptors (Lipinski definition) is 6. The third-order valence-electron chi connectivity index (χ3n) is 15.5. The zero-order valence-corrected chi connectivity index (χ0v) is 54.9. The van der Waals surface area contributed by atoms with Crippen LogP contribution in [0.3, 0.4) is 0 Å². The summed E-state index contributed by atoms with van der Waals surface area (Å²) >= 11 is 0. The smallest absolute Gasteiger partial charge is 0.306 e. The molecule has 0 bridgehead atoms. The molecule has 6 nitrogen and oxygen atoms in total. The van der Waals surface area contributed by atoms with E-state index < -0.39 is 6.10 Å². The van der Waals surface area contributed by atoms with Crippen LogP contribution in [0.1, 0.15) is 355 Å². The zero-order chi connectivity index (χ0) is 59.9. The van der Waals surface area contributed by atoms with Crippen LogP contribution >= 0.6 is 0 Å². The average Bonchev–Trinajstić information content (AvgIpc) is 3.49. The van der Waals surface area contributed by atoms with E-state index >= 15 is 0 Å². The minimum absolute atomic E-state index is 0.0815. The number of carbonyl (C=O) groups excluding carboxylic acids is 3. The number of hydrogen-bond donors (Lipinski definition) is 0. The molecular weight excluding hydrogens is 1020 g/mol. The lowest BCUT2D eigenvalue weighted by molar-refractivity contribution is -0.167. The van der Waals surface area contributed by atoms with Gasteiger partial charge in [-0.15, -0.1) is 0 Å². The predicted octanol–water partition coefficient (Wildman–Crippen LogP) is 24.8. The first-order valence-corrected chi connectivity index (χ1v) is 35.7. The highest BCUT2D eigenvalue weighted by molar-refractivity contribution is 5.71. The quantitative estimate of drug-likeness (QED) is 0.0261. The van der Waals surface area contributed by atoms with E-state index in [4.69, 9.17) is 14.2 Å². The third-order valence-corrected chi connectivity index (χ3v) is 15.5. The fourth-order valence-corrected chi connectivity index (χ4v) is 10.2. The van der Waals surface area contributed by atoms with Gasteiger partial charge >= 0.3 is 17.9 Å². The first-order chi connectivity index (χ1) is 41.0. The molecule has 0 fully saturated rings. The second kappa shape index (κ2) is 70.8. The topological polar surface area (TPSA) is 78.9 Å². The molecule has 83 heavy (non-hydrogen) atoms. The van der Waals surface area contributed by atoms with E-state index in [9.17, 15) is 14.4 Å². The lowest BCUT2D eigenvalue weighted by atomic mass is 10.0. The number of carbonyl (C=O) groups is 3. The zero-order valence-electron chi connectivity index (χ0n) is 54.9. The lowest BCUT2D eigenvalue weighted by Gasteiger charge is -2.18. The molecule has 478 valence electrons. The molecule has 0 heterocycles. The summed E-state index contributed by atoms with van der Waals surface area (Å²) in [6.07, 6.45) is 95.7. The van der Waals surface area contributed by atoms with Gasteiger partial charge in [0.25, 0.3) is 0 Å². The molecule has 0 saturated carbocycles. The van der Waals surface area contributed by atoms with Gasteiger partial charge in [0.15, 0.2) is 6.10 Å². The van der Waals surface area contributed by atoms with Gasteiger partial charge in [0, 0.05) is 19.3 Å². The van der Waals surface area contributed by atoms with Crippen molar-refractivity contribution in [2.75, 3.05) is 13.2 Å². The third kappa shape index (κ3) is 69.0. The van der Waals surface area contributed by atoms with Crippen LogP contribution < -0.4 is 0 Å². The maximum atomic E-state index is 13.0. The number of ether oxygens (including phenoxy) is 3. The average molecular weight is 1160 g/mol. The molecule has 0 aromatic rings. The molecule has 0 aliphatic carbocycles. The Morgan fingerprint density at radius 2 is 0.470 bits per heavy atom. The highest BCUT2D eigenvalue weighted by Gasteiger charge is 2.19. The summed E-state index contributed by atoms with van der Waals surface area (Å²) in [6.45, 7) is 6.53. The summed E-state index contributed by atoms with van der Waals surface area (Å²) < 4.78 is 17.0. The van der Waals surface area contributed by atoms with E-state index in [1.54, 1.807) is 0 Å². The van der Waals surface area contributed by atoms with Crippen molar-refractivity contribution in [3.63, 3.8) is 0 Å². The first kappa shape index (κ1) is 79.3. The Balaban J connectivity index is 4.31. The molecule has 6 heteroatoms. The highest BCUT2D eigenvalue weighted by atomic mass is 16.6. The van der Waals surface area contributed by atoms with Crippen LogP contribution in [0.2, 0.25) is 0 Å². The molecule has 0 aromatic carbocycles. The number of esters is 3. The summed E-state index contributed by atoms with van der Waals surface area (Å²) in [7, 11) is 0. The van der Waals surface area contributed by atoms with Crippen molar-refractivity contribution in [1.82, 2.24) is 0 Å². The lowest BCUT2D eigenvalue weighted by Crippen LogP contribution is -2.30. The molecule has 0 aromatic heterocycles. The SMILES string of the molecule is CC/C=C\C/C=C\C/C=C\C/C=C\CCCCCCCCCCCCCCCCCCC(=O)OCC(COC(=O)CCCCCCCCC/C=C\CCCCCCCC)OC(=O)CCCCCCCC/C=C\C/C=C\C/C=C\CCCCC. The van der Waals surface area contributed by atoms with E-state index in [-0.39, 0.29) is 31.1 Å². The van der Waals surface area contributed by atoms with Crippen LogP contribution in [-0.4, -0.2) is 37.2 Å². The van der Waals surface area contributed by atoms with E-state index in [1.807, 2.05) is 0 Å². The van der Waals surface area contributed by atoms with E-state index in [0.29, 0.717) is 19.3 Å². The van der Waals surface area contributed by atoms with Crippen molar-refractivity contribution in [2.24, 2.45) is 0 Å². The number of allylic oxidation sites excluding steroid dienone is 16. The predicted molar refractivity (Wildman–Crippen MR) is 362 cm³/mol. The fourth-order valence-electron chi connectivity index (χ4n) is 10.2. The van der Waals surface area contributed by atoms with Crippen molar-refractivity contribution in [3.8, 4) is 0 Å². The largest absolute Gasteiger partial charge is 0.462 e. The summed E-state index contributed by atoms with van der Waals surface area (Å²) in [4.78, 5) is 38.5. The monoisotopic (exact) mass is 1160 g/mol. The van der Waals surface area contributed by atoms with Crippen molar-refractivity contribution in [1.29, 1.82) is 0 Å². The molecule has 0 rings (SSSR count). The normalized spacial score (nSPS) is 12.7. The van der Waals surface area contributed by atoms with Crippen molar-refractivity contribution in [2.45, 2.75) is 361 Å². The van der Waals surface area contributed by atoms with Gasteiger partial charge in [-0.25, -0.2) is 0 Å². The second-order valence-corrected chi connectivity index (χ2v) is 23.8. The Kier molecular flexibility index (Phi) is 67.7. The maximum Gasteiger partial charge on any atom is 0.306 e. The van der Waals surface area contributed by atoms with Crippen LogP contribution in [0, 0.1) is 0 Å². The standard InChI is InChI=1S/C77H134O6/c1-4-7-10-13-16-19-22-25-28-31-33-34-35-36-37-38-39-40-41-42-44-46-49-52-55-58-61-64-67-70-76(79)82-73-74(72-81-75(78)69-66-63-60-57-54-51-48-45-30-27-24-21-18-15-12-9-6-3)83-77(80)71-68-65-62-59-56-53-50-47-43-32-29-26-23-20-17-14-11-8-5-2/h7,10,16-17,19-20,25-30,33-34,43,47,74H,4-6,8-9,11-15,18,21-24,31-32,35-42,44-46,48-73H2,1-3H3/b10-7-,19-16-,20-17-,28-25-,29-26-,30-27-,34-33-,47-43-. The van der Waals surface area contributed by atoms with E-state index in [1.165, 1.54) is 205 Å². The second-order valence-electron chi connectivity index (χ2n) is 23.8. The van der Waals surface area contributed by atoms with Gasteiger partial charge in [-0.1, -0.05) is 311 Å².